The maximum Gasteiger partial charge on any atom is 0.315 e. The molecule has 0 spiro atoms. The number of amides is 2. The first-order chi connectivity index (χ1) is 7.25. The standard InChI is InChI=1S/C10H16N4O/c1-7(9-11-5-6-12-9)13-10(15)14-8-3-2-4-8/h5-8H,2-4H2,1H3,(H,11,12)(H2,13,14,15). The van der Waals surface area contributed by atoms with Crippen LogP contribution < -0.4 is 10.6 Å². The third-order valence-electron chi connectivity index (χ3n) is 2.72. The van der Waals surface area contributed by atoms with E-state index in [0.29, 0.717) is 6.04 Å². The van der Waals surface area contributed by atoms with Gasteiger partial charge in [0.1, 0.15) is 5.82 Å². The second kappa shape index (κ2) is 4.33. The molecular weight excluding hydrogens is 192 g/mol. The Morgan fingerprint density at radius 1 is 1.67 bits per heavy atom. The fraction of sp³-hybridized carbons (Fsp3) is 0.600. The van der Waals surface area contributed by atoms with Crippen molar-refractivity contribution in [2.45, 2.75) is 38.3 Å². The topological polar surface area (TPSA) is 69.8 Å². The van der Waals surface area contributed by atoms with Crippen LogP contribution in [0.5, 0.6) is 0 Å². The lowest BCUT2D eigenvalue weighted by atomic mass is 9.93. The maximum atomic E-state index is 11.5. The normalized spacial score (nSPS) is 17.9. The second-order valence-electron chi connectivity index (χ2n) is 3.94. The molecule has 5 heteroatoms. The highest BCUT2D eigenvalue weighted by Crippen LogP contribution is 2.17. The fourth-order valence-corrected chi connectivity index (χ4v) is 1.56. The van der Waals surface area contributed by atoms with Crippen LogP contribution in [0.2, 0.25) is 0 Å². The number of H-pyrrole nitrogens is 1. The molecule has 5 nitrogen and oxygen atoms in total. The van der Waals surface area contributed by atoms with Gasteiger partial charge in [0.05, 0.1) is 6.04 Å². The van der Waals surface area contributed by atoms with Crippen LogP contribution >= 0.6 is 0 Å². The van der Waals surface area contributed by atoms with Crippen molar-refractivity contribution in [2.75, 3.05) is 0 Å². The molecule has 1 aromatic rings. The molecule has 0 bridgehead atoms. The lowest BCUT2D eigenvalue weighted by Crippen LogP contribution is -2.45. The summed E-state index contributed by atoms with van der Waals surface area (Å²) in [6.45, 7) is 1.90. The van der Waals surface area contributed by atoms with Crippen molar-refractivity contribution in [1.29, 1.82) is 0 Å². The Morgan fingerprint density at radius 3 is 3.00 bits per heavy atom. The largest absolute Gasteiger partial charge is 0.347 e. The highest BCUT2D eigenvalue weighted by atomic mass is 16.2. The Kier molecular flexibility index (Phi) is 2.89. The van der Waals surface area contributed by atoms with Crippen molar-refractivity contribution in [1.82, 2.24) is 20.6 Å². The summed E-state index contributed by atoms with van der Waals surface area (Å²) in [5.74, 6) is 0.777. The minimum absolute atomic E-state index is 0.0833. The average molecular weight is 208 g/mol. The van der Waals surface area contributed by atoms with Gasteiger partial charge in [-0.05, 0) is 26.2 Å². The highest BCUT2D eigenvalue weighted by molar-refractivity contribution is 5.74. The molecule has 1 saturated carbocycles. The molecule has 1 aromatic heterocycles. The van der Waals surface area contributed by atoms with Gasteiger partial charge in [-0.1, -0.05) is 0 Å². The van der Waals surface area contributed by atoms with E-state index in [1.54, 1.807) is 12.4 Å². The Bertz CT molecular complexity index is 318. The number of nitrogens with zero attached hydrogens (tertiary/aromatic N) is 1. The van der Waals surface area contributed by atoms with Crippen LogP contribution in [0.15, 0.2) is 12.4 Å². The molecule has 1 unspecified atom stereocenters. The van der Waals surface area contributed by atoms with Crippen molar-refractivity contribution in [3.63, 3.8) is 0 Å². The number of urea groups is 1. The zero-order valence-electron chi connectivity index (χ0n) is 8.79. The first-order valence-corrected chi connectivity index (χ1v) is 5.32. The maximum absolute atomic E-state index is 11.5. The quantitative estimate of drug-likeness (QED) is 0.701. The number of carbonyl (C=O) groups is 1. The Balaban J connectivity index is 1.78. The van der Waals surface area contributed by atoms with Crippen LogP contribution in [0.25, 0.3) is 0 Å². The van der Waals surface area contributed by atoms with Gasteiger partial charge in [0, 0.05) is 18.4 Å². The second-order valence-corrected chi connectivity index (χ2v) is 3.94. The zero-order valence-corrected chi connectivity index (χ0v) is 8.79. The number of nitrogens with one attached hydrogen (secondary N) is 3. The van der Waals surface area contributed by atoms with E-state index in [4.69, 9.17) is 0 Å². The Hall–Kier alpha value is -1.52. The SMILES string of the molecule is CC(NC(=O)NC1CCC1)c1ncc[nH]1. The summed E-state index contributed by atoms with van der Waals surface area (Å²) in [6, 6.07) is 0.178. The lowest BCUT2D eigenvalue weighted by molar-refractivity contribution is 0.225. The molecule has 3 N–H and O–H groups in total. The predicted molar refractivity (Wildman–Crippen MR) is 56.3 cm³/mol. The van der Waals surface area contributed by atoms with Crippen LogP contribution in [0.1, 0.15) is 38.1 Å². The molecular formula is C10H16N4O. The summed E-state index contributed by atoms with van der Waals surface area (Å²) in [5.41, 5.74) is 0. The van der Waals surface area contributed by atoms with E-state index >= 15 is 0 Å². The van der Waals surface area contributed by atoms with Gasteiger partial charge in [-0.3, -0.25) is 0 Å². The van der Waals surface area contributed by atoms with Crippen LogP contribution in [0, 0.1) is 0 Å². The molecule has 1 heterocycles. The molecule has 1 aliphatic carbocycles. The van der Waals surface area contributed by atoms with E-state index in [0.717, 1.165) is 18.7 Å². The summed E-state index contributed by atoms with van der Waals surface area (Å²) < 4.78 is 0. The fourth-order valence-electron chi connectivity index (χ4n) is 1.56. The third-order valence-corrected chi connectivity index (χ3v) is 2.72. The Morgan fingerprint density at radius 2 is 2.47 bits per heavy atom. The van der Waals surface area contributed by atoms with E-state index < -0.39 is 0 Å². The zero-order chi connectivity index (χ0) is 10.7. The van der Waals surface area contributed by atoms with Gasteiger partial charge >= 0.3 is 6.03 Å². The van der Waals surface area contributed by atoms with E-state index in [1.807, 2.05) is 6.92 Å². The third kappa shape index (κ3) is 2.49. The van der Waals surface area contributed by atoms with Crippen LogP contribution in [-0.4, -0.2) is 22.0 Å². The molecule has 15 heavy (non-hydrogen) atoms. The monoisotopic (exact) mass is 208 g/mol. The van der Waals surface area contributed by atoms with E-state index in [-0.39, 0.29) is 12.1 Å². The summed E-state index contributed by atoms with van der Waals surface area (Å²) in [5, 5.41) is 5.76. The van der Waals surface area contributed by atoms with Gasteiger partial charge < -0.3 is 15.6 Å². The van der Waals surface area contributed by atoms with E-state index in [1.165, 1.54) is 6.42 Å². The number of aromatic nitrogens is 2. The minimum Gasteiger partial charge on any atom is -0.347 e. The lowest BCUT2D eigenvalue weighted by Gasteiger charge is -2.27. The molecule has 1 aliphatic rings. The average Bonchev–Trinajstić information content (AvgIpc) is 2.64. The molecule has 2 amide bonds. The predicted octanol–water partition coefficient (Wildman–Crippen LogP) is 1.32. The first kappa shape index (κ1) is 10.0. The van der Waals surface area contributed by atoms with Crippen molar-refractivity contribution in [3.8, 4) is 0 Å². The number of rotatable bonds is 3. The Labute approximate surface area is 88.7 Å². The van der Waals surface area contributed by atoms with Crippen molar-refractivity contribution < 1.29 is 4.79 Å². The van der Waals surface area contributed by atoms with Crippen LogP contribution in [-0.2, 0) is 0 Å². The molecule has 0 radical (unpaired) electrons. The summed E-state index contributed by atoms with van der Waals surface area (Å²) in [7, 11) is 0. The van der Waals surface area contributed by atoms with Crippen LogP contribution in [0.4, 0.5) is 4.79 Å². The highest BCUT2D eigenvalue weighted by Gasteiger charge is 2.20. The van der Waals surface area contributed by atoms with Gasteiger partial charge in [0.15, 0.2) is 0 Å². The first-order valence-electron chi connectivity index (χ1n) is 5.32. The van der Waals surface area contributed by atoms with Gasteiger partial charge in [-0.25, -0.2) is 9.78 Å². The molecule has 0 saturated heterocycles. The number of imidazole rings is 1. The number of aromatic amines is 1. The van der Waals surface area contributed by atoms with E-state index in [9.17, 15) is 4.79 Å². The summed E-state index contributed by atoms with van der Waals surface area (Å²) in [6.07, 6.45) is 6.85. The molecule has 0 aromatic carbocycles. The van der Waals surface area contributed by atoms with Crippen molar-refractivity contribution in [3.05, 3.63) is 18.2 Å². The van der Waals surface area contributed by atoms with Crippen molar-refractivity contribution >= 4 is 6.03 Å². The van der Waals surface area contributed by atoms with Gasteiger partial charge in [0.2, 0.25) is 0 Å². The van der Waals surface area contributed by atoms with Gasteiger partial charge in [0.25, 0.3) is 0 Å². The molecule has 1 fully saturated rings. The molecule has 0 aliphatic heterocycles. The molecule has 82 valence electrons. The summed E-state index contributed by atoms with van der Waals surface area (Å²) in [4.78, 5) is 18.5. The van der Waals surface area contributed by atoms with Crippen molar-refractivity contribution in [2.24, 2.45) is 0 Å². The van der Waals surface area contributed by atoms with Gasteiger partial charge in [-0.15, -0.1) is 0 Å². The van der Waals surface area contributed by atoms with E-state index in [2.05, 4.69) is 20.6 Å². The number of hydrogen-bond acceptors (Lipinski definition) is 2. The summed E-state index contributed by atoms with van der Waals surface area (Å²) >= 11 is 0. The number of carbonyl (C=O) groups excluding carboxylic acids is 1. The molecule has 2 rings (SSSR count). The number of hydrogen-bond donors (Lipinski definition) is 3. The minimum atomic E-state index is -0.108. The molecule has 1 atom stereocenters. The van der Waals surface area contributed by atoms with Gasteiger partial charge in [-0.2, -0.15) is 0 Å². The van der Waals surface area contributed by atoms with Crippen LogP contribution in [0.3, 0.4) is 0 Å². The smallest absolute Gasteiger partial charge is 0.315 e.